The van der Waals surface area contributed by atoms with Crippen molar-refractivity contribution in [3.63, 3.8) is 0 Å². The smallest absolute Gasteiger partial charge is 0.362 e. The molecule has 1 aliphatic heterocycles. The SMILES string of the molecule is O=[N+]([O-])c1cnc2ccc(NC3CCN(c4ncccc4F)C3)nn12. The van der Waals surface area contributed by atoms with Gasteiger partial charge in [-0.15, -0.1) is 0 Å². The fourth-order valence-electron chi connectivity index (χ4n) is 2.95. The number of aromatic nitrogens is 4. The molecule has 25 heavy (non-hydrogen) atoms. The molecule has 1 saturated heterocycles. The first kappa shape index (κ1) is 15.2. The number of nitrogens with one attached hydrogen (secondary N) is 1. The molecule has 0 amide bonds. The van der Waals surface area contributed by atoms with Gasteiger partial charge in [-0.2, -0.15) is 0 Å². The van der Waals surface area contributed by atoms with Crippen LogP contribution in [0.3, 0.4) is 0 Å². The Bertz CT molecular complexity index is 945. The first-order valence-corrected chi connectivity index (χ1v) is 7.73. The van der Waals surface area contributed by atoms with E-state index < -0.39 is 4.92 Å². The summed E-state index contributed by atoms with van der Waals surface area (Å²) >= 11 is 0. The average molecular weight is 343 g/mol. The van der Waals surface area contributed by atoms with Gasteiger partial charge in [0.1, 0.15) is 6.20 Å². The maximum absolute atomic E-state index is 13.8. The van der Waals surface area contributed by atoms with Crippen LogP contribution in [0.25, 0.3) is 5.65 Å². The second kappa shape index (κ2) is 5.96. The van der Waals surface area contributed by atoms with E-state index in [1.165, 1.54) is 16.8 Å². The van der Waals surface area contributed by atoms with E-state index in [1.54, 1.807) is 24.4 Å². The molecule has 0 saturated carbocycles. The molecule has 1 N–H and O–H groups in total. The van der Waals surface area contributed by atoms with Gasteiger partial charge in [0.25, 0.3) is 0 Å². The van der Waals surface area contributed by atoms with Crippen molar-refractivity contribution in [3.8, 4) is 0 Å². The number of fused-ring (bicyclic) bond motifs is 1. The summed E-state index contributed by atoms with van der Waals surface area (Å²) in [6.07, 6.45) is 3.52. The lowest BCUT2D eigenvalue weighted by atomic mass is 10.2. The van der Waals surface area contributed by atoms with Gasteiger partial charge in [-0.05, 0) is 29.5 Å². The number of anilines is 2. The molecule has 4 rings (SSSR count). The van der Waals surface area contributed by atoms with Crippen LogP contribution < -0.4 is 10.2 Å². The molecule has 10 heteroatoms. The Morgan fingerprint density at radius 3 is 3.00 bits per heavy atom. The molecular formula is C15H14FN7O2. The van der Waals surface area contributed by atoms with Crippen LogP contribution in [0.1, 0.15) is 6.42 Å². The van der Waals surface area contributed by atoms with Crippen molar-refractivity contribution in [2.75, 3.05) is 23.3 Å². The Labute approximate surface area is 141 Å². The van der Waals surface area contributed by atoms with E-state index in [-0.39, 0.29) is 17.7 Å². The number of nitrogens with zero attached hydrogens (tertiary/aromatic N) is 6. The van der Waals surface area contributed by atoms with Crippen molar-refractivity contribution in [1.82, 2.24) is 19.6 Å². The second-order valence-electron chi connectivity index (χ2n) is 5.75. The predicted molar refractivity (Wildman–Crippen MR) is 88.1 cm³/mol. The Balaban J connectivity index is 1.51. The fourth-order valence-corrected chi connectivity index (χ4v) is 2.95. The largest absolute Gasteiger partial charge is 0.368 e. The van der Waals surface area contributed by atoms with Gasteiger partial charge < -0.3 is 20.3 Å². The molecule has 1 fully saturated rings. The normalized spacial score (nSPS) is 17.2. The van der Waals surface area contributed by atoms with Gasteiger partial charge in [0, 0.05) is 31.4 Å². The summed E-state index contributed by atoms with van der Waals surface area (Å²) in [7, 11) is 0. The first-order valence-electron chi connectivity index (χ1n) is 7.73. The van der Waals surface area contributed by atoms with Crippen molar-refractivity contribution >= 4 is 23.1 Å². The van der Waals surface area contributed by atoms with Crippen LogP contribution in [-0.2, 0) is 0 Å². The third-order valence-corrected chi connectivity index (χ3v) is 4.11. The van der Waals surface area contributed by atoms with Gasteiger partial charge in [-0.1, -0.05) is 9.61 Å². The van der Waals surface area contributed by atoms with Crippen molar-refractivity contribution in [3.05, 3.63) is 52.6 Å². The average Bonchev–Trinajstić information content (AvgIpc) is 3.22. The molecule has 1 aliphatic rings. The van der Waals surface area contributed by atoms with E-state index in [9.17, 15) is 14.5 Å². The Hall–Kier alpha value is -3.30. The molecular weight excluding hydrogens is 329 g/mol. The summed E-state index contributed by atoms with van der Waals surface area (Å²) in [5, 5.41) is 18.5. The number of hydrogen-bond donors (Lipinski definition) is 1. The van der Waals surface area contributed by atoms with Crippen LogP contribution in [0.2, 0.25) is 0 Å². The molecule has 4 heterocycles. The quantitative estimate of drug-likeness (QED) is 0.570. The molecule has 9 nitrogen and oxygen atoms in total. The Morgan fingerprint density at radius 1 is 1.32 bits per heavy atom. The van der Waals surface area contributed by atoms with Crippen LogP contribution in [-0.4, -0.2) is 43.6 Å². The zero-order chi connectivity index (χ0) is 17.4. The van der Waals surface area contributed by atoms with Gasteiger partial charge >= 0.3 is 5.82 Å². The van der Waals surface area contributed by atoms with Crippen LogP contribution >= 0.6 is 0 Å². The Kier molecular flexibility index (Phi) is 3.64. The summed E-state index contributed by atoms with van der Waals surface area (Å²) in [5.41, 5.74) is 0.404. The number of nitro groups is 1. The first-order chi connectivity index (χ1) is 12.1. The number of halogens is 1. The van der Waals surface area contributed by atoms with Gasteiger partial charge in [-0.3, -0.25) is 0 Å². The minimum absolute atomic E-state index is 0.0360. The summed E-state index contributed by atoms with van der Waals surface area (Å²) in [4.78, 5) is 20.4. The van der Waals surface area contributed by atoms with Crippen molar-refractivity contribution in [2.45, 2.75) is 12.5 Å². The van der Waals surface area contributed by atoms with Crippen LogP contribution in [0, 0.1) is 15.9 Å². The van der Waals surface area contributed by atoms with Gasteiger partial charge in [-0.25, -0.2) is 14.4 Å². The van der Waals surface area contributed by atoms with Gasteiger partial charge in [0.15, 0.2) is 17.5 Å². The number of pyridine rings is 1. The maximum atomic E-state index is 13.8. The predicted octanol–water partition coefficient (Wildman–Crippen LogP) is 1.86. The molecule has 3 aromatic rings. The highest BCUT2D eigenvalue weighted by Crippen LogP contribution is 2.23. The molecule has 0 spiro atoms. The molecule has 0 aliphatic carbocycles. The van der Waals surface area contributed by atoms with E-state index in [1.807, 2.05) is 4.90 Å². The van der Waals surface area contributed by atoms with Crippen molar-refractivity contribution in [1.29, 1.82) is 0 Å². The van der Waals surface area contributed by atoms with Gasteiger partial charge in [0.2, 0.25) is 5.65 Å². The summed E-state index contributed by atoms with van der Waals surface area (Å²) in [5.74, 6) is 0.293. The summed E-state index contributed by atoms with van der Waals surface area (Å²) < 4.78 is 15.0. The molecule has 0 bridgehead atoms. The van der Waals surface area contributed by atoms with Crippen molar-refractivity contribution in [2.24, 2.45) is 0 Å². The third-order valence-electron chi connectivity index (χ3n) is 4.11. The zero-order valence-electron chi connectivity index (χ0n) is 13.0. The minimum atomic E-state index is -0.530. The van der Waals surface area contributed by atoms with E-state index in [0.717, 1.165) is 6.42 Å². The summed E-state index contributed by atoms with van der Waals surface area (Å²) in [6, 6.07) is 6.36. The zero-order valence-corrected chi connectivity index (χ0v) is 13.0. The van der Waals surface area contributed by atoms with Crippen molar-refractivity contribution < 1.29 is 9.31 Å². The van der Waals surface area contributed by atoms with E-state index in [4.69, 9.17) is 0 Å². The molecule has 3 aromatic heterocycles. The fraction of sp³-hybridized carbons (Fsp3) is 0.267. The topological polar surface area (TPSA) is 101 Å². The number of imidazole rings is 1. The number of rotatable bonds is 4. The third kappa shape index (κ3) is 2.82. The minimum Gasteiger partial charge on any atom is -0.362 e. The molecule has 1 unspecified atom stereocenters. The highest BCUT2D eigenvalue weighted by molar-refractivity contribution is 5.49. The standard InChI is InChI=1S/C15H14FN7O2/c16-11-2-1-6-17-15(11)21-7-5-10(9-21)19-12-3-4-13-18-8-14(23(24)25)22(13)20-12/h1-4,6,8,10H,5,7,9H2,(H,19,20). The second-order valence-corrected chi connectivity index (χ2v) is 5.75. The maximum Gasteiger partial charge on any atom is 0.368 e. The Morgan fingerprint density at radius 2 is 2.20 bits per heavy atom. The van der Waals surface area contributed by atoms with E-state index >= 15 is 0 Å². The van der Waals surface area contributed by atoms with Crippen LogP contribution in [0.15, 0.2) is 36.7 Å². The monoisotopic (exact) mass is 343 g/mol. The summed E-state index contributed by atoms with van der Waals surface area (Å²) in [6.45, 7) is 1.23. The molecule has 0 aromatic carbocycles. The molecule has 128 valence electrons. The lowest BCUT2D eigenvalue weighted by Gasteiger charge is -2.18. The number of hydrogen-bond acceptors (Lipinski definition) is 7. The van der Waals surface area contributed by atoms with Crippen LogP contribution in [0.4, 0.5) is 21.8 Å². The lowest BCUT2D eigenvalue weighted by molar-refractivity contribution is -0.391. The highest BCUT2D eigenvalue weighted by Gasteiger charge is 2.26. The van der Waals surface area contributed by atoms with Crippen LogP contribution in [0.5, 0.6) is 0 Å². The lowest BCUT2D eigenvalue weighted by Crippen LogP contribution is -2.27. The van der Waals surface area contributed by atoms with E-state index in [2.05, 4.69) is 20.4 Å². The highest BCUT2D eigenvalue weighted by atomic mass is 19.1. The van der Waals surface area contributed by atoms with Gasteiger partial charge in [0.05, 0.1) is 0 Å². The molecule has 0 radical (unpaired) electrons. The molecule has 1 atom stereocenters. The van der Waals surface area contributed by atoms with E-state index in [0.29, 0.717) is 30.4 Å².